The van der Waals surface area contributed by atoms with Crippen molar-refractivity contribution in [3.63, 3.8) is 0 Å². The highest BCUT2D eigenvalue weighted by Crippen LogP contribution is 2.36. The van der Waals surface area contributed by atoms with Crippen LogP contribution in [0, 0.1) is 0 Å². The van der Waals surface area contributed by atoms with Gasteiger partial charge in [-0.15, -0.1) is 0 Å². The van der Waals surface area contributed by atoms with Gasteiger partial charge in [0.2, 0.25) is 0 Å². The molecule has 0 amide bonds. The molecule has 0 N–H and O–H groups in total. The van der Waals surface area contributed by atoms with Crippen molar-refractivity contribution in [3.8, 4) is 0 Å². The predicted octanol–water partition coefficient (Wildman–Crippen LogP) is 1.23. The monoisotopic (exact) mass is 324 g/mol. The van der Waals surface area contributed by atoms with Gasteiger partial charge in [-0.2, -0.15) is 5.10 Å². The third-order valence-electron chi connectivity index (χ3n) is 5.17. The Morgan fingerprint density at radius 2 is 1.82 bits per heavy atom. The van der Waals surface area contributed by atoms with E-state index in [9.17, 15) is 4.21 Å². The van der Waals surface area contributed by atoms with E-state index in [0.29, 0.717) is 17.5 Å². The molecule has 2 aliphatic rings. The van der Waals surface area contributed by atoms with E-state index in [4.69, 9.17) is 9.31 Å². The van der Waals surface area contributed by atoms with Gasteiger partial charge in [0.15, 0.2) is 0 Å². The zero-order chi connectivity index (χ0) is 16.2. The largest absolute Gasteiger partial charge is 0.498 e. The number of rotatable bonds is 2. The van der Waals surface area contributed by atoms with Crippen LogP contribution in [0.2, 0.25) is 0 Å². The predicted molar refractivity (Wildman–Crippen MR) is 91.2 cm³/mol. The highest BCUT2D eigenvalue weighted by Gasteiger charge is 2.52. The first-order valence-electron chi connectivity index (χ1n) is 7.82. The molecule has 1 aromatic rings. The zero-order valence-electron chi connectivity index (χ0n) is 13.9. The average Bonchev–Trinajstić information content (AvgIpc) is 2.93. The summed E-state index contributed by atoms with van der Waals surface area (Å²) in [5.41, 5.74) is 0.258. The van der Waals surface area contributed by atoms with Crippen LogP contribution < -0.4 is 5.46 Å². The van der Waals surface area contributed by atoms with Crippen LogP contribution in [0.5, 0.6) is 0 Å². The number of aromatic nitrogens is 2. The van der Waals surface area contributed by atoms with Gasteiger partial charge in [0.1, 0.15) is 0 Å². The molecule has 0 atom stereocenters. The van der Waals surface area contributed by atoms with Crippen molar-refractivity contribution in [1.29, 1.82) is 0 Å². The summed E-state index contributed by atoms with van der Waals surface area (Å²) in [6.07, 6.45) is 5.56. The maximum atomic E-state index is 12.0. The molecule has 22 heavy (non-hydrogen) atoms. The molecule has 7 heteroatoms. The van der Waals surface area contributed by atoms with E-state index >= 15 is 0 Å². The molecule has 0 aromatic carbocycles. The van der Waals surface area contributed by atoms with Gasteiger partial charge in [-0.25, -0.2) is 0 Å². The molecular formula is C15H25BN2O3S. The van der Waals surface area contributed by atoms with Crippen LogP contribution in [0.1, 0.15) is 46.6 Å². The molecule has 122 valence electrons. The minimum Gasteiger partial charge on any atom is -0.399 e. The molecule has 0 aliphatic carbocycles. The Bertz CT molecular complexity index is 636. The summed E-state index contributed by atoms with van der Waals surface area (Å²) in [6.45, 7) is 8.18. The highest BCUT2D eigenvalue weighted by molar-refractivity contribution is 8.00. The molecule has 3 heterocycles. The first kappa shape index (κ1) is 16.1. The van der Waals surface area contributed by atoms with E-state index < -0.39 is 9.52 Å². The van der Waals surface area contributed by atoms with Gasteiger partial charge < -0.3 is 9.31 Å². The van der Waals surface area contributed by atoms with Crippen molar-refractivity contribution in [3.05, 3.63) is 12.4 Å². The SMILES string of the molecule is C=S1(=O)CCC(n2cc(B3OC(C)(C)C(C)(C)O3)cn2)CC1. The van der Waals surface area contributed by atoms with Crippen LogP contribution in [0.25, 0.3) is 0 Å². The molecule has 0 spiro atoms. The third kappa shape index (κ3) is 2.86. The Hall–Kier alpha value is -0.785. The molecule has 5 nitrogen and oxygen atoms in total. The van der Waals surface area contributed by atoms with Crippen molar-refractivity contribution >= 4 is 28.0 Å². The second kappa shape index (κ2) is 5.11. The van der Waals surface area contributed by atoms with Gasteiger partial charge in [-0.3, -0.25) is 8.89 Å². The van der Waals surface area contributed by atoms with Crippen LogP contribution in [-0.4, -0.2) is 49.7 Å². The number of hydrogen-bond donors (Lipinski definition) is 0. The first-order valence-corrected chi connectivity index (χ1v) is 9.88. The molecule has 2 saturated heterocycles. The molecule has 3 rings (SSSR count). The molecule has 2 aliphatic heterocycles. The minimum atomic E-state index is -1.85. The fourth-order valence-corrected chi connectivity index (χ4v) is 4.47. The van der Waals surface area contributed by atoms with Crippen molar-refractivity contribution < 1.29 is 13.5 Å². The Balaban J connectivity index is 1.73. The summed E-state index contributed by atoms with van der Waals surface area (Å²) >= 11 is 0. The maximum absolute atomic E-state index is 12.0. The molecule has 0 radical (unpaired) electrons. The van der Waals surface area contributed by atoms with E-state index in [-0.39, 0.29) is 18.3 Å². The summed E-state index contributed by atoms with van der Waals surface area (Å²) in [5, 5.41) is 4.47. The van der Waals surface area contributed by atoms with E-state index in [1.165, 1.54) is 0 Å². The Labute approximate surface area is 133 Å². The van der Waals surface area contributed by atoms with Gasteiger partial charge in [-0.1, -0.05) is 0 Å². The van der Waals surface area contributed by atoms with Crippen LogP contribution in [-0.2, 0) is 18.8 Å². The molecule has 1 aromatic heterocycles. The summed E-state index contributed by atoms with van der Waals surface area (Å²) in [5.74, 6) is 5.18. The molecular weight excluding hydrogens is 299 g/mol. The Morgan fingerprint density at radius 1 is 1.27 bits per heavy atom. The van der Waals surface area contributed by atoms with Crippen molar-refractivity contribution in [2.45, 2.75) is 57.8 Å². The zero-order valence-corrected chi connectivity index (χ0v) is 14.7. The van der Waals surface area contributed by atoms with Crippen LogP contribution >= 0.6 is 0 Å². The minimum absolute atomic E-state index is 0.299. The van der Waals surface area contributed by atoms with Crippen molar-refractivity contribution in [2.24, 2.45) is 0 Å². The standard InChI is InChI=1S/C15H25BN2O3S/c1-14(2)15(3,4)21-16(20-14)12-10-17-18(11-12)13-6-8-22(5,19)9-7-13/h10-11,13H,5-9H2,1-4H3. The Kier molecular flexibility index (Phi) is 3.74. The van der Waals surface area contributed by atoms with Gasteiger partial charge >= 0.3 is 7.12 Å². The topological polar surface area (TPSA) is 53.4 Å². The quantitative estimate of drug-likeness (QED) is 0.607. The summed E-state index contributed by atoms with van der Waals surface area (Å²) in [4.78, 5) is 0. The average molecular weight is 324 g/mol. The molecule has 0 saturated carbocycles. The van der Waals surface area contributed by atoms with Crippen molar-refractivity contribution in [2.75, 3.05) is 11.5 Å². The van der Waals surface area contributed by atoms with Gasteiger partial charge in [0, 0.05) is 29.4 Å². The second-order valence-electron chi connectivity index (χ2n) is 7.45. The fraction of sp³-hybridized carbons (Fsp3) is 0.733. The van der Waals surface area contributed by atoms with E-state index in [0.717, 1.165) is 18.3 Å². The molecule has 2 fully saturated rings. The summed E-state index contributed by atoms with van der Waals surface area (Å²) in [7, 11) is -2.23. The van der Waals surface area contributed by atoms with Crippen LogP contribution in [0.3, 0.4) is 0 Å². The highest BCUT2D eigenvalue weighted by atomic mass is 32.2. The lowest BCUT2D eigenvalue weighted by Gasteiger charge is -2.32. The molecule has 0 unspecified atom stereocenters. The third-order valence-corrected chi connectivity index (χ3v) is 7.13. The summed E-state index contributed by atoms with van der Waals surface area (Å²) in [6, 6.07) is 0.299. The van der Waals surface area contributed by atoms with Crippen molar-refractivity contribution in [1.82, 2.24) is 9.78 Å². The van der Waals surface area contributed by atoms with E-state index in [1.807, 2.05) is 44.8 Å². The van der Waals surface area contributed by atoms with Gasteiger partial charge in [0.05, 0.1) is 17.2 Å². The van der Waals surface area contributed by atoms with Gasteiger partial charge in [0.25, 0.3) is 0 Å². The maximum Gasteiger partial charge on any atom is 0.498 e. The lowest BCUT2D eigenvalue weighted by Crippen LogP contribution is -2.41. The first-order chi connectivity index (χ1) is 10.1. The molecule has 0 bridgehead atoms. The fourth-order valence-electron chi connectivity index (χ4n) is 2.87. The smallest absolute Gasteiger partial charge is 0.399 e. The summed E-state index contributed by atoms with van der Waals surface area (Å²) < 4.78 is 26.0. The van der Waals surface area contributed by atoms with Crippen LogP contribution in [0.4, 0.5) is 0 Å². The van der Waals surface area contributed by atoms with E-state index in [1.54, 1.807) is 0 Å². The van der Waals surface area contributed by atoms with E-state index in [2.05, 4.69) is 11.0 Å². The van der Waals surface area contributed by atoms with Crippen LogP contribution in [0.15, 0.2) is 12.4 Å². The van der Waals surface area contributed by atoms with Gasteiger partial charge in [-0.05, 0) is 55.9 Å². The lowest BCUT2D eigenvalue weighted by molar-refractivity contribution is 0.00578. The second-order valence-corrected chi connectivity index (χ2v) is 10.2. The number of hydrogen-bond acceptors (Lipinski definition) is 4. The number of nitrogens with zero attached hydrogens (tertiary/aromatic N) is 2. The normalized spacial score (nSPS) is 34.0. The lowest BCUT2D eigenvalue weighted by atomic mass is 9.82. The Morgan fingerprint density at radius 3 is 2.36 bits per heavy atom.